The van der Waals surface area contributed by atoms with E-state index < -0.39 is 10.8 Å². The number of benzene rings is 1. The molecule has 3 atom stereocenters. The lowest BCUT2D eigenvalue weighted by atomic mass is 10.1. The molecule has 0 saturated carbocycles. The molecular weight excluding hydrogens is 276 g/mol. The van der Waals surface area contributed by atoms with Crippen LogP contribution in [-0.2, 0) is 15.6 Å². The molecule has 5 nitrogen and oxygen atoms in total. The number of hydrogen-bond donors (Lipinski definition) is 2. The van der Waals surface area contributed by atoms with Gasteiger partial charge in [0.15, 0.2) is 6.61 Å². The Bertz CT molecular complexity index is 533. The summed E-state index contributed by atoms with van der Waals surface area (Å²) in [5, 5.41) is 6.20. The molecule has 20 heavy (non-hydrogen) atoms. The van der Waals surface area contributed by atoms with Gasteiger partial charge in [-0.05, 0) is 31.5 Å². The summed E-state index contributed by atoms with van der Waals surface area (Å²) in [5.41, 5.74) is 1.77. The molecule has 0 fully saturated rings. The quantitative estimate of drug-likeness (QED) is 0.862. The zero-order valence-corrected chi connectivity index (χ0v) is 12.8. The summed E-state index contributed by atoms with van der Waals surface area (Å²) in [4.78, 5) is 11.3. The predicted octanol–water partition coefficient (Wildman–Crippen LogP) is 1.44. The zero-order valence-electron chi connectivity index (χ0n) is 11.9. The second kappa shape index (κ2) is 6.37. The van der Waals surface area contributed by atoms with Crippen LogP contribution < -0.4 is 15.4 Å². The van der Waals surface area contributed by atoms with E-state index in [0.29, 0.717) is 17.2 Å². The molecule has 0 spiro atoms. The highest BCUT2D eigenvalue weighted by Crippen LogP contribution is 2.30. The Morgan fingerprint density at radius 2 is 2.20 bits per heavy atom. The van der Waals surface area contributed by atoms with Crippen LogP contribution in [-0.4, -0.2) is 34.8 Å². The fourth-order valence-electron chi connectivity index (χ4n) is 2.29. The van der Waals surface area contributed by atoms with Crippen molar-refractivity contribution in [2.24, 2.45) is 0 Å². The molecule has 1 heterocycles. The first kappa shape index (κ1) is 15.0. The minimum atomic E-state index is -0.815. The molecule has 0 saturated heterocycles. The molecule has 1 aliphatic heterocycles. The molecule has 2 rings (SSSR count). The van der Waals surface area contributed by atoms with E-state index in [4.69, 9.17) is 4.74 Å². The van der Waals surface area contributed by atoms with E-state index in [1.807, 2.05) is 32.0 Å². The van der Waals surface area contributed by atoms with E-state index in [1.54, 1.807) is 6.26 Å². The van der Waals surface area contributed by atoms with Crippen LogP contribution in [0.4, 0.5) is 5.69 Å². The van der Waals surface area contributed by atoms with Crippen LogP contribution in [0.1, 0.15) is 25.5 Å². The van der Waals surface area contributed by atoms with Gasteiger partial charge >= 0.3 is 0 Å². The van der Waals surface area contributed by atoms with E-state index in [1.165, 1.54) is 0 Å². The van der Waals surface area contributed by atoms with E-state index in [9.17, 15) is 9.00 Å². The first-order valence-electron chi connectivity index (χ1n) is 6.58. The van der Waals surface area contributed by atoms with E-state index in [0.717, 1.165) is 5.56 Å². The van der Waals surface area contributed by atoms with Crippen molar-refractivity contribution < 1.29 is 13.7 Å². The van der Waals surface area contributed by atoms with Crippen LogP contribution in [0.25, 0.3) is 0 Å². The molecule has 0 radical (unpaired) electrons. The number of fused-ring (bicyclic) bond motifs is 1. The number of rotatable bonds is 5. The second-order valence-corrected chi connectivity index (χ2v) is 6.60. The third-order valence-corrected chi connectivity index (χ3v) is 4.13. The maximum absolute atomic E-state index is 11.3. The van der Waals surface area contributed by atoms with Gasteiger partial charge in [0.1, 0.15) is 5.75 Å². The number of anilines is 1. The van der Waals surface area contributed by atoms with Crippen molar-refractivity contribution in [2.45, 2.75) is 25.9 Å². The van der Waals surface area contributed by atoms with Gasteiger partial charge < -0.3 is 15.4 Å². The molecule has 1 aliphatic rings. The summed E-state index contributed by atoms with van der Waals surface area (Å²) >= 11 is 0. The molecule has 0 aromatic heterocycles. The number of carbonyl (C=O) groups excluding carboxylic acids is 1. The Balaban J connectivity index is 2.07. The fraction of sp³-hybridized carbons (Fsp3) is 0.500. The van der Waals surface area contributed by atoms with Gasteiger partial charge in [-0.2, -0.15) is 0 Å². The average molecular weight is 296 g/mol. The molecule has 6 heteroatoms. The summed E-state index contributed by atoms with van der Waals surface area (Å²) in [6.45, 7) is 4.13. The van der Waals surface area contributed by atoms with Gasteiger partial charge in [0.05, 0.1) is 5.69 Å². The van der Waals surface area contributed by atoms with Gasteiger partial charge in [-0.15, -0.1) is 0 Å². The monoisotopic (exact) mass is 296 g/mol. The van der Waals surface area contributed by atoms with Gasteiger partial charge in [0.2, 0.25) is 0 Å². The minimum absolute atomic E-state index is 0.0689. The Morgan fingerprint density at radius 3 is 2.90 bits per heavy atom. The largest absolute Gasteiger partial charge is 0.482 e. The summed E-state index contributed by atoms with van der Waals surface area (Å²) in [6.07, 6.45) is 1.70. The van der Waals surface area contributed by atoms with Crippen LogP contribution in [0.15, 0.2) is 18.2 Å². The van der Waals surface area contributed by atoms with Crippen LogP contribution in [0.2, 0.25) is 0 Å². The molecule has 1 amide bonds. The van der Waals surface area contributed by atoms with Crippen LogP contribution >= 0.6 is 0 Å². The molecule has 0 bridgehead atoms. The summed E-state index contributed by atoms with van der Waals surface area (Å²) < 4.78 is 16.5. The lowest BCUT2D eigenvalue weighted by molar-refractivity contribution is -0.118. The maximum Gasteiger partial charge on any atom is 0.262 e. The Kier molecular flexibility index (Phi) is 4.77. The van der Waals surface area contributed by atoms with Crippen molar-refractivity contribution in [1.29, 1.82) is 0 Å². The summed E-state index contributed by atoms with van der Waals surface area (Å²) in [6, 6.07) is 6.03. The SMILES string of the molecule is CC(CS(C)=O)NC(C)c1ccc2c(c1)NC(=O)CO2. The molecule has 110 valence electrons. The second-order valence-electron chi connectivity index (χ2n) is 5.12. The fourth-order valence-corrected chi connectivity index (χ4v) is 3.09. The number of hydrogen-bond acceptors (Lipinski definition) is 4. The maximum atomic E-state index is 11.3. The van der Waals surface area contributed by atoms with Gasteiger partial charge in [-0.1, -0.05) is 6.07 Å². The normalized spacial score (nSPS) is 18.4. The average Bonchev–Trinajstić information content (AvgIpc) is 2.36. The van der Waals surface area contributed by atoms with Crippen molar-refractivity contribution >= 4 is 22.4 Å². The summed E-state index contributed by atoms with van der Waals surface area (Å²) in [7, 11) is -0.815. The smallest absolute Gasteiger partial charge is 0.262 e. The van der Waals surface area contributed by atoms with E-state index >= 15 is 0 Å². The van der Waals surface area contributed by atoms with Gasteiger partial charge in [-0.25, -0.2) is 0 Å². The highest BCUT2D eigenvalue weighted by Gasteiger charge is 2.18. The summed E-state index contributed by atoms with van der Waals surface area (Å²) in [5.74, 6) is 1.18. The van der Waals surface area contributed by atoms with E-state index in [2.05, 4.69) is 10.6 Å². The van der Waals surface area contributed by atoms with Crippen LogP contribution in [0.3, 0.4) is 0 Å². The molecule has 1 aromatic rings. The molecule has 0 aliphatic carbocycles. The lowest BCUT2D eigenvalue weighted by Gasteiger charge is -2.23. The number of ether oxygens (including phenoxy) is 1. The molecule has 2 N–H and O–H groups in total. The molecular formula is C14H20N2O3S. The van der Waals surface area contributed by atoms with Crippen molar-refractivity contribution in [3.05, 3.63) is 23.8 Å². The molecule has 3 unspecified atom stereocenters. The highest BCUT2D eigenvalue weighted by atomic mass is 32.2. The van der Waals surface area contributed by atoms with Gasteiger partial charge in [0.25, 0.3) is 5.91 Å². The van der Waals surface area contributed by atoms with Crippen molar-refractivity contribution in [3.63, 3.8) is 0 Å². The van der Waals surface area contributed by atoms with Gasteiger partial charge in [-0.3, -0.25) is 9.00 Å². The van der Waals surface area contributed by atoms with Gasteiger partial charge in [0, 0.05) is 34.9 Å². The van der Waals surface area contributed by atoms with Crippen LogP contribution in [0, 0.1) is 0 Å². The van der Waals surface area contributed by atoms with E-state index in [-0.39, 0.29) is 24.6 Å². The highest BCUT2D eigenvalue weighted by molar-refractivity contribution is 7.84. The first-order valence-corrected chi connectivity index (χ1v) is 8.31. The minimum Gasteiger partial charge on any atom is -0.482 e. The zero-order chi connectivity index (χ0) is 14.7. The number of carbonyl (C=O) groups is 1. The lowest BCUT2D eigenvalue weighted by Crippen LogP contribution is -2.33. The Morgan fingerprint density at radius 1 is 1.45 bits per heavy atom. The number of nitrogens with one attached hydrogen (secondary N) is 2. The third-order valence-electron chi connectivity index (χ3n) is 3.16. The van der Waals surface area contributed by atoms with Crippen molar-refractivity contribution in [1.82, 2.24) is 5.32 Å². The Hall–Kier alpha value is -1.40. The molecule has 1 aromatic carbocycles. The standard InChI is InChI=1S/C14H20N2O3S/c1-9(8-20(3)18)15-10(2)11-4-5-13-12(6-11)16-14(17)7-19-13/h4-6,9-10,15H,7-8H2,1-3H3,(H,16,17). The third kappa shape index (κ3) is 3.80. The van der Waals surface area contributed by atoms with Crippen molar-refractivity contribution in [3.8, 4) is 5.75 Å². The Labute approximate surface area is 121 Å². The van der Waals surface area contributed by atoms with Crippen molar-refractivity contribution in [2.75, 3.05) is 23.9 Å². The number of amides is 1. The van der Waals surface area contributed by atoms with Crippen LogP contribution in [0.5, 0.6) is 5.75 Å². The first-order chi connectivity index (χ1) is 9.45. The topological polar surface area (TPSA) is 67.4 Å². The predicted molar refractivity (Wildman–Crippen MR) is 80.5 cm³/mol.